The predicted molar refractivity (Wildman–Crippen MR) is 98.6 cm³/mol. The Kier molecular flexibility index (Phi) is 4.46. The summed E-state index contributed by atoms with van der Waals surface area (Å²) in [5.74, 6) is -0.498. The average molecular weight is 365 g/mol. The summed E-state index contributed by atoms with van der Waals surface area (Å²) >= 11 is 0. The van der Waals surface area contributed by atoms with Crippen LogP contribution in [0.1, 0.15) is 29.9 Å². The highest BCUT2D eigenvalue weighted by molar-refractivity contribution is 5.78. The molecule has 4 rings (SSSR count). The van der Waals surface area contributed by atoms with Crippen molar-refractivity contribution in [3.8, 4) is 22.9 Å². The Morgan fingerprint density at radius 1 is 0.889 bits per heavy atom. The van der Waals surface area contributed by atoms with Gasteiger partial charge in [-0.15, -0.1) is 4.73 Å². The van der Waals surface area contributed by atoms with Crippen molar-refractivity contribution in [3.63, 3.8) is 0 Å². The lowest BCUT2D eigenvalue weighted by molar-refractivity contribution is 0.0346. The molecule has 3 aromatic rings. The molecular formula is C21H19NO5. The van der Waals surface area contributed by atoms with E-state index in [4.69, 9.17) is 9.57 Å². The van der Waals surface area contributed by atoms with Gasteiger partial charge in [-0.2, -0.15) is 0 Å². The van der Waals surface area contributed by atoms with Crippen LogP contribution in [0.2, 0.25) is 0 Å². The van der Waals surface area contributed by atoms with Gasteiger partial charge in [0.2, 0.25) is 11.8 Å². The van der Waals surface area contributed by atoms with Gasteiger partial charge in [0, 0.05) is 18.1 Å². The minimum Gasteiger partial charge on any atom is -0.492 e. The largest absolute Gasteiger partial charge is 0.533 e. The standard InChI is InChI=1S/C21H19NO5/c23-19-11-12-20(24)22(19)27-21(25)26-13-5-10-18-16-8-3-1-6-14(16)15-7-2-4-9-17(15)18/h1-4,6-9,11-12,18,23-24H,5,10,13H2. The molecule has 0 atom stereocenters. The summed E-state index contributed by atoms with van der Waals surface area (Å²) < 4.78 is 5.66. The zero-order valence-corrected chi connectivity index (χ0v) is 14.5. The first-order valence-corrected chi connectivity index (χ1v) is 8.78. The number of ether oxygens (including phenoxy) is 1. The van der Waals surface area contributed by atoms with Crippen molar-refractivity contribution in [2.75, 3.05) is 6.61 Å². The highest BCUT2D eigenvalue weighted by atomic mass is 16.8. The number of aromatic nitrogens is 1. The summed E-state index contributed by atoms with van der Waals surface area (Å²) in [7, 11) is 0. The normalized spacial score (nSPS) is 12.4. The van der Waals surface area contributed by atoms with Crippen LogP contribution in [-0.2, 0) is 4.74 Å². The van der Waals surface area contributed by atoms with Crippen LogP contribution in [0.4, 0.5) is 4.79 Å². The zero-order valence-electron chi connectivity index (χ0n) is 14.5. The second kappa shape index (κ2) is 7.07. The second-order valence-electron chi connectivity index (χ2n) is 6.40. The number of fused-ring (bicyclic) bond motifs is 3. The van der Waals surface area contributed by atoms with Gasteiger partial charge in [0.05, 0.1) is 6.61 Å². The van der Waals surface area contributed by atoms with Gasteiger partial charge in [0.15, 0.2) is 0 Å². The van der Waals surface area contributed by atoms with Crippen LogP contribution in [0.5, 0.6) is 11.8 Å². The number of carbonyl (C=O) groups excluding carboxylic acids is 1. The smallest absolute Gasteiger partial charge is 0.492 e. The van der Waals surface area contributed by atoms with E-state index < -0.39 is 6.16 Å². The second-order valence-corrected chi connectivity index (χ2v) is 6.40. The lowest BCUT2D eigenvalue weighted by Crippen LogP contribution is -2.20. The molecule has 0 bridgehead atoms. The lowest BCUT2D eigenvalue weighted by atomic mass is 9.92. The van der Waals surface area contributed by atoms with E-state index in [1.165, 1.54) is 34.4 Å². The molecule has 6 nitrogen and oxygen atoms in total. The Balaban J connectivity index is 1.35. The van der Waals surface area contributed by atoms with E-state index in [2.05, 4.69) is 24.3 Å². The molecule has 1 aliphatic carbocycles. The van der Waals surface area contributed by atoms with E-state index >= 15 is 0 Å². The minimum atomic E-state index is -0.982. The molecule has 0 radical (unpaired) electrons. The maximum Gasteiger partial charge on any atom is 0.533 e. The van der Waals surface area contributed by atoms with Crippen LogP contribution in [0.25, 0.3) is 11.1 Å². The van der Waals surface area contributed by atoms with Gasteiger partial charge in [-0.05, 0) is 35.1 Å². The summed E-state index contributed by atoms with van der Waals surface area (Å²) in [5.41, 5.74) is 5.11. The molecule has 0 spiro atoms. The van der Waals surface area contributed by atoms with E-state index in [0.29, 0.717) is 11.2 Å². The highest BCUT2D eigenvalue weighted by Crippen LogP contribution is 2.46. The van der Waals surface area contributed by atoms with E-state index in [9.17, 15) is 15.0 Å². The van der Waals surface area contributed by atoms with Crippen LogP contribution in [0.3, 0.4) is 0 Å². The van der Waals surface area contributed by atoms with E-state index in [-0.39, 0.29) is 24.3 Å². The number of rotatable bonds is 5. The van der Waals surface area contributed by atoms with Crippen molar-refractivity contribution in [3.05, 3.63) is 71.8 Å². The highest BCUT2D eigenvalue weighted by Gasteiger charge is 2.27. The van der Waals surface area contributed by atoms with Crippen LogP contribution in [-0.4, -0.2) is 27.7 Å². The van der Waals surface area contributed by atoms with Crippen molar-refractivity contribution < 1.29 is 24.6 Å². The molecule has 1 aromatic heterocycles. The lowest BCUT2D eigenvalue weighted by Gasteiger charge is -2.13. The van der Waals surface area contributed by atoms with Crippen LogP contribution in [0.15, 0.2) is 60.7 Å². The molecule has 0 unspecified atom stereocenters. The van der Waals surface area contributed by atoms with Crippen molar-refractivity contribution >= 4 is 6.16 Å². The van der Waals surface area contributed by atoms with Crippen molar-refractivity contribution in [1.82, 2.24) is 4.73 Å². The van der Waals surface area contributed by atoms with Gasteiger partial charge in [-0.3, -0.25) is 4.84 Å². The van der Waals surface area contributed by atoms with E-state index in [1.54, 1.807) is 0 Å². The molecule has 0 saturated heterocycles. The summed E-state index contributed by atoms with van der Waals surface area (Å²) in [6, 6.07) is 19.2. The third-order valence-corrected chi connectivity index (χ3v) is 4.78. The third kappa shape index (κ3) is 3.21. The van der Waals surface area contributed by atoms with Crippen molar-refractivity contribution in [2.45, 2.75) is 18.8 Å². The predicted octanol–water partition coefficient (Wildman–Crippen LogP) is 4.06. The maximum atomic E-state index is 11.7. The van der Waals surface area contributed by atoms with Gasteiger partial charge in [-0.25, -0.2) is 4.79 Å². The zero-order chi connectivity index (χ0) is 18.8. The topological polar surface area (TPSA) is 80.9 Å². The number of hydrogen-bond donors (Lipinski definition) is 2. The number of aromatic hydroxyl groups is 2. The van der Waals surface area contributed by atoms with E-state index in [0.717, 1.165) is 6.42 Å². The van der Waals surface area contributed by atoms with Crippen LogP contribution in [0, 0.1) is 0 Å². The fraction of sp³-hybridized carbons (Fsp3) is 0.190. The first-order chi connectivity index (χ1) is 13.1. The van der Waals surface area contributed by atoms with Crippen molar-refractivity contribution in [1.29, 1.82) is 0 Å². The molecule has 1 heterocycles. The SMILES string of the molecule is O=C(OCCCC1c2ccccc2-c2ccccc21)On1c(O)ccc1O. The summed E-state index contributed by atoms with van der Waals surface area (Å²) in [6.07, 6.45) is 0.511. The first kappa shape index (κ1) is 17.0. The Bertz CT molecular complexity index is 913. The molecule has 0 saturated carbocycles. The molecule has 27 heavy (non-hydrogen) atoms. The van der Waals surface area contributed by atoms with Gasteiger partial charge in [0.1, 0.15) is 0 Å². The summed E-state index contributed by atoms with van der Waals surface area (Å²) in [5, 5.41) is 18.9. The average Bonchev–Trinajstić information content (AvgIpc) is 3.17. The number of carbonyl (C=O) groups is 1. The quantitative estimate of drug-likeness (QED) is 0.526. The molecule has 0 aliphatic heterocycles. The molecular weight excluding hydrogens is 346 g/mol. The molecule has 6 heteroatoms. The number of benzene rings is 2. The molecule has 0 fully saturated rings. The van der Waals surface area contributed by atoms with Gasteiger partial charge in [0.25, 0.3) is 0 Å². The third-order valence-electron chi connectivity index (χ3n) is 4.78. The fourth-order valence-electron chi connectivity index (χ4n) is 3.61. The van der Waals surface area contributed by atoms with Gasteiger partial charge in [-0.1, -0.05) is 48.5 Å². The Hall–Kier alpha value is -3.41. The molecule has 2 N–H and O–H groups in total. The maximum absolute atomic E-state index is 11.7. The fourth-order valence-corrected chi connectivity index (χ4v) is 3.61. The minimum absolute atomic E-state index is 0.183. The van der Waals surface area contributed by atoms with Crippen molar-refractivity contribution in [2.24, 2.45) is 0 Å². The van der Waals surface area contributed by atoms with Gasteiger partial charge < -0.3 is 14.9 Å². The summed E-state index contributed by atoms with van der Waals surface area (Å²) in [6.45, 7) is 0.183. The Morgan fingerprint density at radius 2 is 1.44 bits per heavy atom. The first-order valence-electron chi connectivity index (χ1n) is 8.78. The Morgan fingerprint density at radius 3 is 2.04 bits per heavy atom. The number of hydrogen-bond acceptors (Lipinski definition) is 5. The Labute approximate surface area is 156 Å². The van der Waals surface area contributed by atoms with Crippen LogP contribution < -0.4 is 4.84 Å². The van der Waals surface area contributed by atoms with Crippen LogP contribution >= 0.6 is 0 Å². The van der Waals surface area contributed by atoms with E-state index in [1.807, 2.05) is 24.3 Å². The molecule has 0 amide bonds. The molecule has 1 aliphatic rings. The monoisotopic (exact) mass is 365 g/mol. The molecule has 138 valence electrons. The number of nitrogens with zero attached hydrogens (tertiary/aromatic N) is 1. The van der Waals surface area contributed by atoms with Gasteiger partial charge >= 0.3 is 6.16 Å². The molecule has 2 aromatic carbocycles. The summed E-state index contributed by atoms with van der Waals surface area (Å²) in [4.78, 5) is 16.5.